The van der Waals surface area contributed by atoms with Crippen LogP contribution in [0.2, 0.25) is 0 Å². The molecule has 1 aromatic carbocycles. The summed E-state index contributed by atoms with van der Waals surface area (Å²) in [5.74, 6) is 0.0482. The van der Waals surface area contributed by atoms with Gasteiger partial charge in [-0.1, -0.05) is 0 Å². The fourth-order valence-electron chi connectivity index (χ4n) is 1.33. The molecule has 0 amide bonds. The van der Waals surface area contributed by atoms with Crippen LogP contribution in [0.1, 0.15) is 0 Å². The van der Waals surface area contributed by atoms with Crippen LogP contribution in [0.25, 0.3) is 0 Å². The molecule has 3 nitrogen and oxygen atoms in total. The number of hydrogen-bond acceptors (Lipinski definition) is 3. The van der Waals surface area contributed by atoms with Gasteiger partial charge in [0, 0.05) is 29.6 Å². The number of aromatic hydroxyl groups is 1. The van der Waals surface area contributed by atoms with Crippen molar-refractivity contribution in [2.45, 2.75) is 0 Å². The number of carbonyl (C=O) groups is 1. The van der Waals surface area contributed by atoms with Crippen LogP contribution in [0.3, 0.4) is 0 Å². The third kappa shape index (κ3) is 4.37. The number of allylic oxidation sites excluding steroid dienone is 4. The van der Waals surface area contributed by atoms with Gasteiger partial charge in [-0.05, 0) is 78.2 Å². The number of aliphatic imine (C=N–C) groups is 1. The van der Waals surface area contributed by atoms with Gasteiger partial charge >= 0.3 is 0 Å². The summed E-state index contributed by atoms with van der Waals surface area (Å²) in [7, 11) is 0. The Bertz CT molecular complexity index is 600. The first kappa shape index (κ1) is 17.3. The molecule has 93 valence electrons. The summed E-state index contributed by atoms with van der Waals surface area (Å²) in [6.07, 6.45) is 4.74. The Balaban J connectivity index is 0.00000180. The van der Waals surface area contributed by atoms with E-state index in [1.807, 2.05) is 0 Å². The molecule has 2 rings (SSSR count). The summed E-state index contributed by atoms with van der Waals surface area (Å²) >= 11 is 9.64. The van der Waals surface area contributed by atoms with Crippen molar-refractivity contribution in [1.82, 2.24) is 0 Å². The van der Waals surface area contributed by atoms with Gasteiger partial charge in [0.15, 0.2) is 5.78 Å². The topological polar surface area (TPSA) is 49.7 Å². The monoisotopic (exact) mass is 456 g/mol. The SMILES string of the molecule is O=C1C=CC(=Nc2cc(Br)c(O)c(Br)c2)C=C1Br.[Na]. The predicted octanol–water partition coefficient (Wildman–Crippen LogP) is 4.03. The zero-order valence-corrected chi connectivity index (χ0v) is 16.6. The Morgan fingerprint density at radius 1 is 1.05 bits per heavy atom. The molecule has 0 bridgehead atoms. The van der Waals surface area contributed by atoms with E-state index in [-0.39, 0.29) is 41.1 Å². The Morgan fingerprint density at radius 3 is 2.16 bits per heavy atom. The van der Waals surface area contributed by atoms with Crippen molar-refractivity contribution in [2.24, 2.45) is 4.99 Å². The van der Waals surface area contributed by atoms with Crippen LogP contribution in [0.15, 0.2) is 48.8 Å². The molecule has 19 heavy (non-hydrogen) atoms. The minimum Gasteiger partial charge on any atom is -0.506 e. The molecule has 1 aromatic rings. The van der Waals surface area contributed by atoms with Gasteiger partial charge in [-0.25, -0.2) is 4.99 Å². The molecule has 0 heterocycles. The maximum atomic E-state index is 11.2. The first-order valence-corrected chi connectivity index (χ1v) is 7.21. The van der Waals surface area contributed by atoms with Gasteiger partial charge in [0.2, 0.25) is 0 Å². The molecule has 0 saturated heterocycles. The predicted molar refractivity (Wildman–Crippen MR) is 87.5 cm³/mol. The molecule has 0 saturated carbocycles. The third-order valence-electron chi connectivity index (χ3n) is 2.18. The third-order valence-corrected chi connectivity index (χ3v) is 4.00. The number of ketones is 1. The van der Waals surface area contributed by atoms with Gasteiger partial charge in [0.05, 0.1) is 24.8 Å². The van der Waals surface area contributed by atoms with E-state index in [2.05, 4.69) is 52.8 Å². The van der Waals surface area contributed by atoms with Crippen molar-refractivity contribution in [3.8, 4) is 5.75 Å². The number of benzene rings is 1. The van der Waals surface area contributed by atoms with Gasteiger partial charge in [0.1, 0.15) is 5.75 Å². The molecule has 0 fully saturated rings. The van der Waals surface area contributed by atoms with E-state index in [0.29, 0.717) is 24.8 Å². The summed E-state index contributed by atoms with van der Waals surface area (Å²) in [6.45, 7) is 0. The molecule has 1 aliphatic rings. The normalized spacial score (nSPS) is 16.3. The fourth-order valence-corrected chi connectivity index (χ4v) is 2.85. The average Bonchev–Trinajstić information content (AvgIpc) is 2.31. The fraction of sp³-hybridized carbons (Fsp3) is 0. The summed E-state index contributed by atoms with van der Waals surface area (Å²) in [4.78, 5) is 15.6. The second-order valence-electron chi connectivity index (χ2n) is 3.48. The number of halogens is 3. The number of carbonyl (C=O) groups excluding carboxylic acids is 1. The smallest absolute Gasteiger partial charge is 0.192 e. The van der Waals surface area contributed by atoms with Crippen LogP contribution < -0.4 is 0 Å². The van der Waals surface area contributed by atoms with Gasteiger partial charge in [0.25, 0.3) is 0 Å². The van der Waals surface area contributed by atoms with Gasteiger partial charge in [-0.2, -0.15) is 0 Å². The van der Waals surface area contributed by atoms with E-state index >= 15 is 0 Å². The zero-order chi connectivity index (χ0) is 13.3. The van der Waals surface area contributed by atoms with Gasteiger partial charge in [-0.3, -0.25) is 4.79 Å². The van der Waals surface area contributed by atoms with Crippen LogP contribution >= 0.6 is 47.8 Å². The van der Waals surface area contributed by atoms with Crippen LogP contribution in [-0.4, -0.2) is 46.2 Å². The van der Waals surface area contributed by atoms with Crippen molar-refractivity contribution in [2.75, 3.05) is 0 Å². The number of hydrogen-bond donors (Lipinski definition) is 1. The number of rotatable bonds is 1. The quantitative estimate of drug-likeness (QED) is 0.510. The summed E-state index contributed by atoms with van der Waals surface area (Å²) in [5.41, 5.74) is 1.32. The van der Waals surface area contributed by atoms with E-state index in [9.17, 15) is 9.90 Å². The Kier molecular flexibility index (Phi) is 6.69. The maximum absolute atomic E-state index is 11.2. The summed E-state index contributed by atoms with van der Waals surface area (Å²) < 4.78 is 1.57. The summed E-state index contributed by atoms with van der Waals surface area (Å²) in [6, 6.07) is 3.39. The number of nitrogens with zero attached hydrogens (tertiary/aromatic N) is 1. The molecule has 1 N–H and O–H groups in total. The van der Waals surface area contributed by atoms with Crippen molar-refractivity contribution in [1.29, 1.82) is 0 Å². The molecule has 0 aliphatic heterocycles. The second kappa shape index (κ2) is 7.33. The number of phenols is 1. The zero-order valence-electron chi connectivity index (χ0n) is 9.82. The van der Waals surface area contributed by atoms with Gasteiger partial charge in [-0.15, -0.1) is 0 Å². The second-order valence-corrected chi connectivity index (χ2v) is 6.05. The van der Waals surface area contributed by atoms with E-state index in [1.165, 1.54) is 6.08 Å². The number of phenolic OH excluding ortho intramolecular Hbond substituents is 1. The van der Waals surface area contributed by atoms with E-state index in [0.717, 1.165) is 0 Å². The van der Waals surface area contributed by atoms with E-state index in [1.54, 1.807) is 24.3 Å². The minimum absolute atomic E-state index is 0. The standard InChI is InChI=1S/C12H6Br3NO2.Na/c13-8-3-6(1-2-11(8)17)16-7-4-9(14)12(18)10(15)5-7;/h1-5,18H;. The molecule has 1 aliphatic carbocycles. The van der Waals surface area contributed by atoms with Crippen LogP contribution in [0.5, 0.6) is 5.75 Å². The van der Waals surface area contributed by atoms with Crippen LogP contribution in [0, 0.1) is 0 Å². The average molecular weight is 459 g/mol. The van der Waals surface area contributed by atoms with Crippen molar-refractivity contribution >= 4 is 94.5 Å². The van der Waals surface area contributed by atoms with Crippen LogP contribution in [0.4, 0.5) is 5.69 Å². The van der Waals surface area contributed by atoms with Crippen molar-refractivity contribution < 1.29 is 9.90 Å². The molecule has 7 heteroatoms. The molecule has 0 unspecified atom stereocenters. The molecule has 1 radical (unpaired) electrons. The van der Waals surface area contributed by atoms with E-state index in [4.69, 9.17) is 0 Å². The maximum Gasteiger partial charge on any atom is 0.192 e. The van der Waals surface area contributed by atoms with Gasteiger partial charge < -0.3 is 5.11 Å². The molecule has 0 aromatic heterocycles. The van der Waals surface area contributed by atoms with Crippen molar-refractivity contribution in [3.05, 3.63) is 43.8 Å². The van der Waals surface area contributed by atoms with E-state index < -0.39 is 0 Å². The molecule has 0 atom stereocenters. The minimum atomic E-state index is -0.0815. The van der Waals surface area contributed by atoms with Crippen molar-refractivity contribution in [3.63, 3.8) is 0 Å². The Morgan fingerprint density at radius 2 is 1.63 bits per heavy atom. The largest absolute Gasteiger partial charge is 0.506 e. The first-order chi connectivity index (χ1) is 8.47. The Labute approximate surface area is 157 Å². The molecule has 0 spiro atoms. The summed E-state index contributed by atoms with van der Waals surface area (Å²) in [5, 5.41) is 9.59. The van der Waals surface area contributed by atoms with Crippen LogP contribution in [-0.2, 0) is 4.79 Å². The molecular weight excluding hydrogens is 453 g/mol. The first-order valence-electron chi connectivity index (χ1n) is 4.83. The molecular formula is C12H6Br3NNaO2. The Hall–Kier alpha value is 0.280.